The minimum Gasteiger partial charge on any atom is -0.394 e. The van der Waals surface area contributed by atoms with E-state index in [0.717, 1.165) is 19.4 Å². The maximum atomic E-state index is 11.8. The van der Waals surface area contributed by atoms with E-state index in [9.17, 15) is 4.79 Å². The molecule has 1 heterocycles. The van der Waals surface area contributed by atoms with Crippen molar-refractivity contribution in [3.8, 4) is 0 Å². The van der Waals surface area contributed by atoms with Gasteiger partial charge in [-0.15, -0.1) is 0 Å². The lowest BCUT2D eigenvalue weighted by Gasteiger charge is -2.31. The fourth-order valence-electron chi connectivity index (χ4n) is 1.71. The summed E-state index contributed by atoms with van der Waals surface area (Å²) in [6, 6.07) is 0. The van der Waals surface area contributed by atoms with Gasteiger partial charge in [0, 0.05) is 6.54 Å². The first-order valence-electron chi connectivity index (χ1n) is 5.53. The Kier molecular flexibility index (Phi) is 5.14. The number of aliphatic hydroxyl groups excluding tert-OH is 3. The lowest BCUT2D eigenvalue weighted by Crippen LogP contribution is -2.59. The Morgan fingerprint density at radius 1 is 1.31 bits per heavy atom. The third-order valence-corrected chi connectivity index (χ3v) is 2.96. The summed E-state index contributed by atoms with van der Waals surface area (Å²) in [6.07, 6.45) is 1.72. The van der Waals surface area contributed by atoms with Crippen LogP contribution in [0.1, 0.15) is 12.8 Å². The van der Waals surface area contributed by atoms with Crippen molar-refractivity contribution in [3.63, 3.8) is 0 Å². The van der Waals surface area contributed by atoms with Crippen LogP contribution in [0.25, 0.3) is 0 Å². The van der Waals surface area contributed by atoms with Crippen molar-refractivity contribution in [2.45, 2.75) is 18.4 Å². The first kappa shape index (κ1) is 13.4. The Labute approximate surface area is 94.7 Å². The molecule has 94 valence electrons. The number of aliphatic hydroxyl groups is 3. The summed E-state index contributed by atoms with van der Waals surface area (Å²) in [7, 11) is 0. The predicted molar refractivity (Wildman–Crippen MR) is 57.7 cm³/mol. The molecule has 1 rings (SSSR count). The van der Waals surface area contributed by atoms with E-state index in [1.54, 1.807) is 0 Å². The monoisotopic (exact) mass is 232 g/mol. The van der Waals surface area contributed by atoms with Crippen LogP contribution in [0.15, 0.2) is 0 Å². The van der Waals surface area contributed by atoms with Crippen molar-refractivity contribution in [3.05, 3.63) is 0 Å². The minimum absolute atomic E-state index is 0.155. The van der Waals surface area contributed by atoms with E-state index in [1.165, 1.54) is 0 Å². The average molecular weight is 232 g/mol. The van der Waals surface area contributed by atoms with Gasteiger partial charge in [0.1, 0.15) is 5.54 Å². The Morgan fingerprint density at radius 3 is 2.38 bits per heavy atom. The van der Waals surface area contributed by atoms with Gasteiger partial charge in [-0.05, 0) is 19.4 Å². The second kappa shape index (κ2) is 6.15. The molecule has 0 bridgehead atoms. The van der Waals surface area contributed by atoms with Gasteiger partial charge in [-0.3, -0.25) is 4.79 Å². The van der Waals surface area contributed by atoms with Gasteiger partial charge in [-0.1, -0.05) is 0 Å². The van der Waals surface area contributed by atoms with Crippen molar-refractivity contribution in [1.82, 2.24) is 10.6 Å². The number of hydrogen-bond donors (Lipinski definition) is 5. The zero-order valence-corrected chi connectivity index (χ0v) is 9.28. The molecule has 5 N–H and O–H groups in total. The second-order valence-electron chi connectivity index (χ2n) is 4.29. The van der Waals surface area contributed by atoms with Crippen molar-refractivity contribution >= 4 is 5.91 Å². The van der Waals surface area contributed by atoms with Gasteiger partial charge < -0.3 is 26.0 Å². The lowest BCUT2D eigenvalue weighted by atomic mass is 9.96. The molecular formula is C10H20N2O4. The predicted octanol–water partition coefficient (Wildman–Crippen LogP) is -2.18. The molecule has 0 radical (unpaired) electrons. The molecule has 0 spiro atoms. The molecule has 1 amide bonds. The molecule has 0 aliphatic carbocycles. The van der Waals surface area contributed by atoms with Crippen LogP contribution in [0.5, 0.6) is 0 Å². The Hall–Kier alpha value is -0.690. The van der Waals surface area contributed by atoms with Crippen LogP contribution in [-0.2, 0) is 4.79 Å². The highest BCUT2D eigenvalue weighted by Gasteiger charge is 2.32. The standard InChI is InChI=1S/C10H20N2O4/c13-5-10(6-14,7-15)12-9(16)8-2-1-3-11-4-8/h8,11,13-15H,1-7H2,(H,12,16)/t8-/m0/s1. The Bertz CT molecular complexity index is 217. The number of carbonyl (C=O) groups excluding carboxylic acids is 1. The summed E-state index contributed by atoms with van der Waals surface area (Å²) in [4.78, 5) is 11.8. The van der Waals surface area contributed by atoms with Gasteiger partial charge in [-0.2, -0.15) is 0 Å². The van der Waals surface area contributed by atoms with E-state index in [0.29, 0.717) is 6.54 Å². The molecule has 1 fully saturated rings. The van der Waals surface area contributed by atoms with Crippen molar-refractivity contribution in [2.75, 3.05) is 32.9 Å². The van der Waals surface area contributed by atoms with E-state index < -0.39 is 25.4 Å². The van der Waals surface area contributed by atoms with Gasteiger partial charge in [0.25, 0.3) is 0 Å². The molecule has 1 saturated heterocycles. The fraction of sp³-hybridized carbons (Fsp3) is 0.900. The summed E-state index contributed by atoms with van der Waals surface area (Å²) in [6.45, 7) is 0.0722. The van der Waals surface area contributed by atoms with Crippen molar-refractivity contribution in [1.29, 1.82) is 0 Å². The highest BCUT2D eigenvalue weighted by Crippen LogP contribution is 2.12. The first-order valence-corrected chi connectivity index (χ1v) is 5.53. The Morgan fingerprint density at radius 2 is 1.94 bits per heavy atom. The number of rotatable bonds is 5. The summed E-state index contributed by atoms with van der Waals surface area (Å²) in [5, 5.41) is 32.8. The van der Waals surface area contributed by atoms with Crippen LogP contribution in [-0.4, -0.2) is 59.7 Å². The number of piperidine rings is 1. The third kappa shape index (κ3) is 3.15. The molecule has 0 aromatic heterocycles. The topological polar surface area (TPSA) is 102 Å². The van der Waals surface area contributed by atoms with E-state index >= 15 is 0 Å². The van der Waals surface area contributed by atoms with E-state index in [4.69, 9.17) is 15.3 Å². The maximum Gasteiger partial charge on any atom is 0.225 e. The largest absolute Gasteiger partial charge is 0.394 e. The van der Waals surface area contributed by atoms with Crippen LogP contribution < -0.4 is 10.6 Å². The van der Waals surface area contributed by atoms with Crippen LogP contribution in [0.2, 0.25) is 0 Å². The molecule has 0 unspecified atom stereocenters. The van der Waals surface area contributed by atoms with Crippen LogP contribution in [0.3, 0.4) is 0 Å². The number of carbonyl (C=O) groups is 1. The number of amides is 1. The lowest BCUT2D eigenvalue weighted by molar-refractivity contribution is -0.129. The van der Waals surface area contributed by atoms with Crippen LogP contribution in [0.4, 0.5) is 0 Å². The van der Waals surface area contributed by atoms with Crippen molar-refractivity contribution in [2.24, 2.45) is 5.92 Å². The smallest absolute Gasteiger partial charge is 0.225 e. The van der Waals surface area contributed by atoms with Gasteiger partial charge in [-0.25, -0.2) is 0 Å². The summed E-state index contributed by atoms with van der Waals surface area (Å²) < 4.78 is 0. The minimum atomic E-state index is -1.31. The fourth-order valence-corrected chi connectivity index (χ4v) is 1.71. The molecule has 6 nitrogen and oxygen atoms in total. The number of nitrogens with one attached hydrogen (secondary N) is 2. The molecular weight excluding hydrogens is 212 g/mol. The summed E-state index contributed by atoms with van der Waals surface area (Å²) in [5.74, 6) is -0.387. The molecule has 0 aromatic carbocycles. The quantitative estimate of drug-likeness (QED) is 0.371. The summed E-state index contributed by atoms with van der Waals surface area (Å²) in [5.41, 5.74) is -1.31. The van der Waals surface area contributed by atoms with E-state index in [-0.39, 0.29) is 11.8 Å². The van der Waals surface area contributed by atoms with Gasteiger partial charge in [0.15, 0.2) is 0 Å². The molecule has 0 aromatic rings. The highest BCUT2D eigenvalue weighted by molar-refractivity contribution is 5.79. The number of hydrogen-bond acceptors (Lipinski definition) is 5. The van der Waals surface area contributed by atoms with Gasteiger partial charge >= 0.3 is 0 Å². The molecule has 1 atom stereocenters. The molecule has 1 aliphatic rings. The average Bonchev–Trinajstić information content (AvgIpc) is 2.37. The maximum absolute atomic E-state index is 11.8. The highest BCUT2D eigenvalue weighted by atomic mass is 16.3. The van der Waals surface area contributed by atoms with Crippen LogP contribution >= 0.6 is 0 Å². The first-order chi connectivity index (χ1) is 7.67. The van der Waals surface area contributed by atoms with E-state index in [1.807, 2.05) is 0 Å². The zero-order chi connectivity index (χ0) is 12.0. The SMILES string of the molecule is O=C(NC(CO)(CO)CO)[C@H]1CCCNC1. The third-order valence-electron chi connectivity index (χ3n) is 2.96. The van der Waals surface area contributed by atoms with Gasteiger partial charge in [0.2, 0.25) is 5.91 Å². The summed E-state index contributed by atoms with van der Waals surface area (Å²) >= 11 is 0. The molecule has 0 saturated carbocycles. The second-order valence-corrected chi connectivity index (χ2v) is 4.29. The zero-order valence-electron chi connectivity index (χ0n) is 9.28. The van der Waals surface area contributed by atoms with Gasteiger partial charge in [0.05, 0.1) is 25.7 Å². The van der Waals surface area contributed by atoms with Crippen LogP contribution in [0, 0.1) is 5.92 Å². The Balaban J connectivity index is 2.53. The van der Waals surface area contributed by atoms with Crippen molar-refractivity contribution < 1.29 is 20.1 Å². The molecule has 16 heavy (non-hydrogen) atoms. The van der Waals surface area contributed by atoms with E-state index in [2.05, 4.69) is 10.6 Å². The molecule has 1 aliphatic heterocycles. The normalized spacial score (nSPS) is 21.8. The molecule has 6 heteroatoms.